The molecule has 82 valence electrons. The Morgan fingerprint density at radius 3 is 3.00 bits per heavy atom. The highest BCUT2D eigenvalue weighted by atomic mass is 16.5. The lowest BCUT2D eigenvalue weighted by atomic mass is 10.0. The molecule has 0 radical (unpaired) electrons. The number of carbonyl (C=O) groups excluding carboxylic acids is 1. The van der Waals surface area contributed by atoms with Crippen molar-refractivity contribution in [1.29, 1.82) is 0 Å². The van der Waals surface area contributed by atoms with Crippen molar-refractivity contribution in [3.05, 3.63) is 0 Å². The number of ether oxygens (including phenoxy) is 3. The number of hydrogen-bond donors (Lipinski definition) is 0. The fourth-order valence-electron chi connectivity index (χ4n) is 1.41. The van der Waals surface area contributed by atoms with E-state index in [-0.39, 0.29) is 24.4 Å². The van der Waals surface area contributed by atoms with Crippen molar-refractivity contribution in [2.45, 2.75) is 19.4 Å². The van der Waals surface area contributed by atoms with Crippen LogP contribution in [0.5, 0.6) is 0 Å². The average Bonchev–Trinajstić information content (AvgIpc) is 2.67. The maximum atomic E-state index is 11.5. The topological polar surface area (TPSA) is 44.8 Å². The SMILES string of the molecule is COCC(C)OCC(=O)C1CCOC1. The molecule has 0 aliphatic carbocycles. The standard InChI is InChI=1S/C10H18O4/c1-8(5-12-2)14-7-10(11)9-3-4-13-6-9/h8-9H,3-7H2,1-2H3. The Hall–Kier alpha value is -0.450. The van der Waals surface area contributed by atoms with Gasteiger partial charge in [0.25, 0.3) is 0 Å². The Bertz CT molecular complexity index is 175. The summed E-state index contributed by atoms with van der Waals surface area (Å²) in [6.45, 7) is 3.85. The molecule has 1 heterocycles. The van der Waals surface area contributed by atoms with Gasteiger partial charge in [0, 0.05) is 19.6 Å². The van der Waals surface area contributed by atoms with E-state index in [0.29, 0.717) is 19.8 Å². The summed E-state index contributed by atoms with van der Waals surface area (Å²) in [5, 5.41) is 0. The number of hydrogen-bond acceptors (Lipinski definition) is 4. The van der Waals surface area contributed by atoms with E-state index in [1.807, 2.05) is 6.92 Å². The minimum Gasteiger partial charge on any atom is -0.382 e. The van der Waals surface area contributed by atoms with Gasteiger partial charge in [-0.15, -0.1) is 0 Å². The van der Waals surface area contributed by atoms with Gasteiger partial charge in [-0.05, 0) is 13.3 Å². The fraction of sp³-hybridized carbons (Fsp3) is 0.900. The van der Waals surface area contributed by atoms with E-state index in [0.717, 1.165) is 6.42 Å². The molecule has 4 nitrogen and oxygen atoms in total. The minimum atomic E-state index is -0.0220. The van der Waals surface area contributed by atoms with E-state index < -0.39 is 0 Å². The van der Waals surface area contributed by atoms with Crippen LogP contribution in [0.1, 0.15) is 13.3 Å². The van der Waals surface area contributed by atoms with Crippen LogP contribution in [0.3, 0.4) is 0 Å². The summed E-state index contributed by atoms with van der Waals surface area (Å²) >= 11 is 0. The molecule has 1 aliphatic rings. The Morgan fingerprint density at radius 2 is 2.43 bits per heavy atom. The third kappa shape index (κ3) is 3.74. The van der Waals surface area contributed by atoms with Gasteiger partial charge < -0.3 is 14.2 Å². The summed E-state index contributed by atoms with van der Waals surface area (Å²) in [6, 6.07) is 0. The quantitative estimate of drug-likeness (QED) is 0.634. The zero-order chi connectivity index (χ0) is 10.4. The van der Waals surface area contributed by atoms with E-state index >= 15 is 0 Å². The Balaban J connectivity index is 2.13. The summed E-state index contributed by atoms with van der Waals surface area (Å²) in [4.78, 5) is 11.5. The number of methoxy groups -OCH3 is 1. The molecule has 0 bridgehead atoms. The molecule has 0 N–H and O–H groups in total. The van der Waals surface area contributed by atoms with Crippen LogP contribution in [-0.4, -0.2) is 45.4 Å². The fourth-order valence-corrected chi connectivity index (χ4v) is 1.41. The molecular formula is C10H18O4. The van der Waals surface area contributed by atoms with Gasteiger partial charge in [-0.25, -0.2) is 0 Å². The summed E-state index contributed by atoms with van der Waals surface area (Å²) in [7, 11) is 1.62. The number of carbonyl (C=O) groups is 1. The monoisotopic (exact) mass is 202 g/mol. The Morgan fingerprint density at radius 1 is 1.64 bits per heavy atom. The average molecular weight is 202 g/mol. The van der Waals surface area contributed by atoms with Crippen LogP contribution in [0.4, 0.5) is 0 Å². The molecule has 0 aromatic carbocycles. The molecule has 2 unspecified atom stereocenters. The molecule has 0 spiro atoms. The summed E-state index contributed by atoms with van der Waals surface area (Å²) in [5.41, 5.74) is 0. The summed E-state index contributed by atoms with van der Waals surface area (Å²) in [6.07, 6.45) is 0.812. The lowest BCUT2D eigenvalue weighted by Gasteiger charge is -2.12. The van der Waals surface area contributed by atoms with Crippen LogP contribution in [0, 0.1) is 5.92 Å². The van der Waals surface area contributed by atoms with Crippen LogP contribution in [-0.2, 0) is 19.0 Å². The van der Waals surface area contributed by atoms with E-state index in [4.69, 9.17) is 14.2 Å². The van der Waals surface area contributed by atoms with E-state index in [9.17, 15) is 4.79 Å². The second-order valence-electron chi connectivity index (χ2n) is 3.60. The molecule has 1 saturated heterocycles. The van der Waals surface area contributed by atoms with Crippen molar-refractivity contribution in [3.63, 3.8) is 0 Å². The number of rotatable bonds is 6. The molecule has 0 saturated carbocycles. The molecule has 4 heteroatoms. The first-order chi connectivity index (χ1) is 6.74. The van der Waals surface area contributed by atoms with Gasteiger partial charge in [0.05, 0.1) is 19.3 Å². The Kier molecular flexibility index (Phi) is 5.07. The summed E-state index contributed by atoms with van der Waals surface area (Å²) < 4.78 is 15.4. The predicted octanol–water partition coefficient (Wildman–Crippen LogP) is 0.643. The van der Waals surface area contributed by atoms with Gasteiger partial charge in [-0.1, -0.05) is 0 Å². The molecule has 1 rings (SSSR count). The number of Topliss-reactive ketones (excluding diaryl/α,β-unsaturated/α-hetero) is 1. The van der Waals surface area contributed by atoms with Crippen molar-refractivity contribution in [2.24, 2.45) is 5.92 Å². The van der Waals surface area contributed by atoms with E-state index in [2.05, 4.69) is 0 Å². The van der Waals surface area contributed by atoms with Gasteiger partial charge in [0.2, 0.25) is 0 Å². The van der Waals surface area contributed by atoms with Crippen molar-refractivity contribution >= 4 is 5.78 Å². The van der Waals surface area contributed by atoms with E-state index in [1.54, 1.807) is 7.11 Å². The number of ketones is 1. The van der Waals surface area contributed by atoms with Crippen molar-refractivity contribution < 1.29 is 19.0 Å². The molecule has 14 heavy (non-hydrogen) atoms. The van der Waals surface area contributed by atoms with Gasteiger partial charge in [-0.3, -0.25) is 4.79 Å². The van der Waals surface area contributed by atoms with Gasteiger partial charge in [-0.2, -0.15) is 0 Å². The van der Waals surface area contributed by atoms with Crippen LogP contribution in [0.25, 0.3) is 0 Å². The first-order valence-electron chi connectivity index (χ1n) is 4.95. The largest absolute Gasteiger partial charge is 0.382 e. The molecule has 2 atom stereocenters. The lowest BCUT2D eigenvalue weighted by molar-refractivity contribution is -0.130. The third-order valence-electron chi connectivity index (χ3n) is 2.30. The zero-order valence-corrected chi connectivity index (χ0v) is 8.82. The molecule has 0 aromatic heterocycles. The van der Waals surface area contributed by atoms with Crippen LogP contribution in [0.2, 0.25) is 0 Å². The van der Waals surface area contributed by atoms with Crippen molar-refractivity contribution in [2.75, 3.05) is 33.5 Å². The van der Waals surface area contributed by atoms with Crippen LogP contribution >= 0.6 is 0 Å². The van der Waals surface area contributed by atoms with Crippen molar-refractivity contribution in [3.8, 4) is 0 Å². The smallest absolute Gasteiger partial charge is 0.163 e. The van der Waals surface area contributed by atoms with Crippen LogP contribution in [0.15, 0.2) is 0 Å². The highest BCUT2D eigenvalue weighted by Gasteiger charge is 2.23. The normalized spacial score (nSPS) is 23.7. The second-order valence-corrected chi connectivity index (χ2v) is 3.60. The van der Waals surface area contributed by atoms with Crippen molar-refractivity contribution in [1.82, 2.24) is 0 Å². The highest BCUT2D eigenvalue weighted by Crippen LogP contribution is 2.13. The Labute approximate surface area is 84.5 Å². The molecule has 1 aliphatic heterocycles. The van der Waals surface area contributed by atoms with Crippen LogP contribution < -0.4 is 0 Å². The second kappa shape index (κ2) is 6.11. The maximum Gasteiger partial charge on any atom is 0.163 e. The third-order valence-corrected chi connectivity index (χ3v) is 2.30. The molecule has 0 aromatic rings. The first-order valence-corrected chi connectivity index (χ1v) is 4.95. The minimum absolute atomic E-state index is 0.0220. The molecule has 0 amide bonds. The molecule has 1 fully saturated rings. The zero-order valence-electron chi connectivity index (χ0n) is 8.82. The highest BCUT2D eigenvalue weighted by molar-refractivity contribution is 5.82. The molecular weight excluding hydrogens is 184 g/mol. The van der Waals surface area contributed by atoms with Gasteiger partial charge in [0.15, 0.2) is 5.78 Å². The maximum absolute atomic E-state index is 11.5. The lowest BCUT2D eigenvalue weighted by Crippen LogP contribution is -2.24. The van der Waals surface area contributed by atoms with Gasteiger partial charge >= 0.3 is 0 Å². The summed E-state index contributed by atoms with van der Waals surface area (Å²) in [5.74, 6) is 0.190. The van der Waals surface area contributed by atoms with Gasteiger partial charge in [0.1, 0.15) is 6.61 Å². The first kappa shape index (κ1) is 11.6. The van der Waals surface area contributed by atoms with E-state index in [1.165, 1.54) is 0 Å². The predicted molar refractivity (Wildman–Crippen MR) is 51.2 cm³/mol.